The second kappa shape index (κ2) is 11.8. The minimum atomic E-state index is -4.05. The highest BCUT2D eigenvalue weighted by Gasteiger charge is 2.29. The Morgan fingerprint density at radius 1 is 1.05 bits per heavy atom. The van der Waals surface area contributed by atoms with Crippen LogP contribution >= 0.6 is 35.0 Å². The fourth-order valence-corrected chi connectivity index (χ4v) is 6.77. The molecule has 198 valence electrons. The van der Waals surface area contributed by atoms with Gasteiger partial charge in [0.15, 0.2) is 5.69 Å². The van der Waals surface area contributed by atoms with E-state index in [2.05, 4.69) is 4.98 Å². The number of esters is 1. The molecule has 1 aromatic heterocycles. The molecule has 0 saturated heterocycles. The van der Waals surface area contributed by atoms with Gasteiger partial charge < -0.3 is 10.5 Å². The third kappa shape index (κ3) is 6.18. The van der Waals surface area contributed by atoms with Gasteiger partial charge >= 0.3 is 5.97 Å². The van der Waals surface area contributed by atoms with Crippen LogP contribution in [0, 0.1) is 6.92 Å². The number of nitrogens with two attached hydrogens (primary N) is 1. The number of sulfonamides is 1. The van der Waals surface area contributed by atoms with Crippen molar-refractivity contribution in [2.45, 2.75) is 23.1 Å². The molecule has 0 atom stereocenters. The molecule has 7 nitrogen and oxygen atoms in total. The Labute approximate surface area is 236 Å². The first-order valence-electron chi connectivity index (χ1n) is 11.6. The third-order valence-corrected chi connectivity index (χ3v) is 9.17. The number of carbonyl (C=O) groups excluding carboxylic acids is 1. The maximum atomic E-state index is 14.0. The highest BCUT2D eigenvalue weighted by Crippen LogP contribution is 2.38. The molecule has 0 saturated carbocycles. The van der Waals surface area contributed by atoms with Crippen molar-refractivity contribution >= 4 is 73.2 Å². The number of nitrogens with zero attached hydrogens (tertiary/aromatic N) is 2. The van der Waals surface area contributed by atoms with Crippen LogP contribution in [-0.2, 0) is 14.8 Å². The van der Waals surface area contributed by atoms with E-state index >= 15 is 0 Å². The van der Waals surface area contributed by atoms with Crippen molar-refractivity contribution in [2.24, 2.45) is 0 Å². The lowest BCUT2D eigenvalue weighted by Crippen LogP contribution is -2.33. The van der Waals surface area contributed by atoms with E-state index in [1.807, 2.05) is 31.2 Å². The second-order valence-corrected chi connectivity index (χ2v) is 12.3. The zero-order valence-corrected chi connectivity index (χ0v) is 23.8. The Kier molecular flexibility index (Phi) is 8.72. The number of nitrogen functional groups attached to an aromatic ring is 1. The fourth-order valence-electron chi connectivity index (χ4n) is 3.84. The fraction of sp³-hybridized carbons (Fsp3) is 0.185. The smallest absolute Gasteiger partial charge is 0.356 e. The average molecular weight is 591 g/mol. The number of methoxy groups -OCH3 is 1. The summed E-state index contributed by atoms with van der Waals surface area (Å²) in [5.74, 6) is -0.0770. The van der Waals surface area contributed by atoms with Crippen molar-refractivity contribution in [3.63, 3.8) is 0 Å². The minimum Gasteiger partial charge on any atom is -0.464 e. The first-order valence-corrected chi connectivity index (χ1v) is 14.7. The number of hydrogen-bond donors (Lipinski definition) is 1. The first kappa shape index (κ1) is 28.0. The third-order valence-electron chi connectivity index (χ3n) is 5.73. The molecule has 0 aliphatic rings. The normalized spacial score (nSPS) is 11.5. The summed E-state index contributed by atoms with van der Waals surface area (Å²) < 4.78 is 34.2. The number of aryl methyl sites for hydroxylation is 1. The van der Waals surface area contributed by atoms with Crippen LogP contribution in [0.5, 0.6) is 0 Å². The molecule has 0 spiro atoms. The van der Waals surface area contributed by atoms with Crippen molar-refractivity contribution in [3.05, 3.63) is 88.0 Å². The van der Waals surface area contributed by atoms with E-state index < -0.39 is 16.0 Å². The Balaban J connectivity index is 1.80. The van der Waals surface area contributed by atoms with Crippen LogP contribution in [0.3, 0.4) is 0 Å². The van der Waals surface area contributed by atoms with Gasteiger partial charge in [-0.05, 0) is 73.7 Å². The van der Waals surface area contributed by atoms with Crippen LogP contribution < -0.4 is 10.0 Å². The lowest BCUT2D eigenvalue weighted by molar-refractivity contribution is 0.0594. The summed E-state index contributed by atoms with van der Waals surface area (Å²) in [6, 6.07) is 18.5. The summed E-state index contributed by atoms with van der Waals surface area (Å²) in [6.07, 6.45) is 0.503. The standard InChI is InChI=1S/C27H25Cl2N3O4S2/c1-17-4-10-21(11-5-17)38(34,35)32(12-3-13-37-20-8-6-19(30)7-9-20)25-16-24(27(33)36-2)31-23-15-18(28)14-22(29)26(23)25/h4-11,14-16H,3,12-13,30H2,1-2H3. The van der Waals surface area contributed by atoms with Crippen molar-refractivity contribution in [3.8, 4) is 0 Å². The van der Waals surface area contributed by atoms with Crippen LogP contribution in [0.15, 0.2) is 76.5 Å². The number of ether oxygens (including phenoxy) is 1. The monoisotopic (exact) mass is 589 g/mol. The molecule has 0 bridgehead atoms. The van der Waals surface area contributed by atoms with Gasteiger partial charge in [0, 0.05) is 27.5 Å². The summed E-state index contributed by atoms with van der Waals surface area (Å²) in [6.45, 7) is 2.00. The van der Waals surface area contributed by atoms with Crippen molar-refractivity contribution in [2.75, 3.05) is 29.4 Å². The molecule has 4 rings (SSSR count). The zero-order valence-electron chi connectivity index (χ0n) is 20.6. The highest BCUT2D eigenvalue weighted by atomic mass is 35.5. The zero-order chi connectivity index (χ0) is 27.4. The summed E-state index contributed by atoms with van der Waals surface area (Å²) in [5, 5.41) is 0.883. The van der Waals surface area contributed by atoms with Gasteiger partial charge in [-0.3, -0.25) is 4.31 Å². The Bertz CT molecular complexity index is 1580. The second-order valence-electron chi connectivity index (χ2n) is 8.46. The molecule has 2 N–H and O–H groups in total. The SMILES string of the molecule is COC(=O)c1cc(N(CCCSc2ccc(N)cc2)S(=O)(=O)c2ccc(C)cc2)c2c(Cl)cc(Cl)cc2n1. The summed E-state index contributed by atoms with van der Waals surface area (Å²) in [4.78, 5) is 17.9. The molecular weight excluding hydrogens is 565 g/mol. The molecule has 0 amide bonds. The number of fused-ring (bicyclic) bond motifs is 1. The molecule has 0 unspecified atom stereocenters. The largest absolute Gasteiger partial charge is 0.464 e. The van der Waals surface area contributed by atoms with Gasteiger partial charge in [-0.1, -0.05) is 40.9 Å². The molecule has 11 heteroatoms. The molecule has 4 aromatic rings. The number of benzene rings is 3. The lowest BCUT2D eigenvalue weighted by Gasteiger charge is -2.26. The van der Waals surface area contributed by atoms with Gasteiger partial charge in [0.25, 0.3) is 10.0 Å². The van der Waals surface area contributed by atoms with Gasteiger partial charge in [-0.25, -0.2) is 18.2 Å². The van der Waals surface area contributed by atoms with Crippen LogP contribution in [0.1, 0.15) is 22.5 Å². The van der Waals surface area contributed by atoms with E-state index in [1.165, 1.54) is 29.6 Å². The van der Waals surface area contributed by atoms with E-state index in [0.717, 1.165) is 10.5 Å². The summed E-state index contributed by atoms with van der Waals surface area (Å²) in [5.41, 5.74) is 7.80. The maximum absolute atomic E-state index is 14.0. The number of pyridine rings is 1. The summed E-state index contributed by atoms with van der Waals surface area (Å²) in [7, 11) is -2.82. The average Bonchev–Trinajstić information content (AvgIpc) is 2.88. The van der Waals surface area contributed by atoms with E-state index in [4.69, 9.17) is 33.7 Å². The number of carbonyl (C=O) groups is 1. The van der Waals surface area contributed by atoms with Gasteiger partial charge in [-0.2, -0.15) is 0 Å². The Hall–Kier alpha value is -2.98. The number of thioether (sulfide) groups is 1. The van der Waals surface area contributed by atoms with E-state index in [0.29, 0.717) is 28.3 Å². The highest BCUT2D eigenvalue weighted by molar-refractivity contribution is 7.99. The van der Waals surface area contributed by atoms with Gasteiger partial charge in [0.2, 0.25) is 0 Å². The molecule has 0 radical (unpaired) electrons. The van der Waals surface area contributed by atoms with Crippen molar-refractivity contribution in [1.29, 1.82) is 0 Å². The summed E-state index contributed by atoms with van der Waals surface area (Å²) >= 11 is 14.4. The molecule has 0 fully saturated rings. The van der Waals surface area contributed by atoms with Crippen LogP contribution in [0.4, 0.5) is 11.4 Å². The van der Waals surface area contributed by atoms with E-state index in [1.54, 1.807) is 36.0 Å². The quantitative estimate of drug-likeness (QED) is 0.101. The number of halogens is 2. The van der Waals surface area contributed by atoms with Crippen LogP contribution in [0.2, 0.25) is 10.0 Å². The maximum Gasteiger partial charge on any atom is 0.356 e. The molecule has 0 aliphatic carbocycles. The molecule has 0 aliphatic heterocycles. The predicted molar refractivity (Wildman–Crippen MR) is 155 cm³/mol. The Morgan fingerprint density at radius 3 is 2.39 bits per heavy atom. The number of hydrogen-bond acceptors (Lipinski definition) is 7. The van der Waals surface area contributed by atoms with Gasteiger partial charge in [0.05, 0.1) is 28.2 Å². The van der Waals surface area contributed by atoms with E-state index in [9.17, 15) is 13.2 Å². The first-order chi connectivity index (χ1) is 18.1. The van der Waals surface area contributed by atoms with Crippen molar-refractivity contribution < 1.29 is 17.9 Å². The number of aromatic nitrogens is 1. The Morgan fingerprint density at radius 2 is 1.74 bits per heavy atom. The molecule has 3 aromatic carbocycles. The molecule has 38 heavy (non-hydrogen) atoms. The minimum absolute atomic E-state index is 0.0614. The van der Waals surface area contributed by atoms with Gasteiger partial charge in [-0.15, -0.1) is 11.8 Å². The van der Waals surface area contributed by atoms with Gasteiger partial charge in [0.1, 0.15) is 0 Å². The number of anilines is 2. The number of rotatable bonds is 9. The van der Waals surface area contributed by atoms with Crippen molar-refractivity contribution in [1.82, 2.24) is 4.98 Å². The van der Waals surface area contributed by atoms with Crippen LogP contribution in [0.25, 0.3) is 10.9 Å². The van der Waals surface area contributed by atoms with E-state index in [-0.39, 0.29) is 33.4 Å². The lowest BCUT2D eigenvalue weighted by atomic mass is 10.1. The molecule has 1 heterocycles. The predicted octanol–water partition coefficient (Wildman–Crippen LogP) is 6.60. The van der Waals surface area contributed by atoms with Crippen LogP contribution in [-0.4, -0.2) is 38.8 Å². The molecular formula is C27H25Cl2N3O4S2. The topological polar surface area (TPSA) is 103 Å².